The zero-order valence-corrected chi connectivity index (χ0v) is 12.4. The second kappa shape index (κ2) is 6.47. The molecular weight excluding hydrogens is 338 g/mol. The minimum atomic E-state index is 0.179. The Morgan fingerprint density at radius 1 is 1.38 bits per heavy atom. The molecule has 0 saturated heterocycles. The van der Waals surface area contributed by atoms with Gasteiger partial charge in [0.15, 0.2) is 0 Å². The van der Waals surface area contributed by atoms with Crippen molar-refractivity contribution in [1.82, 2.24) is 0 Å². The van der Waals surface area contributed by atoms with E-state index in [4.69, 9.17) is 9.84 Å². The van der Waals surface area contributed by atoms with Gasteiger partial charge in [-0.3, -0.25) is 0 Å². The predicted molar refractivity (Wildman–Crippen MR) is 73.1 cm³/mol. The van der Waals surface area contributed by atoms with Gasteiger partial charge in [0.25, 0.3) is 0 Å². The topological polar surface area (TPSA) is 41.5 Å². The minimum Gasteiger partial charge on any atom is -0.495 e. The highest BCUT2D eigenvalue weighted by Crippen LogP contribution is 2.34. The molecule has 1 unspecified atom stereocenters. The Hall–Kier alpha value is -0.260. The van der Waals surface area contributed by atoms with Crippen molar-refractivity contribution < 1.29 is 9.84 Å². The fraction of sp³-hybridized carbons (Fsp3) is 0.455. The normalized spacial score (nSPS) is 12.3. The van der Waals surface area contributed by atoms with Crippen LogP contribution in [0.5, 0.6) is 5.75 Å². The summed E-state index contributed by atoms with van der Waals surface area (Å²) in [5, 5.41) is 12.2. The van der Waals surface area contributed by atoms with E-state index in [1.54, 1.807) is 7.11 Å². The largest absolute Gasteiger partial charge is 0.495 e. The number of halogens is 2. The molecule has 1 aromatic carbocycles. The van der Waals surface area contributed by atoms with E-state index in [0.717, 1.165) is 26.9 Å². The number of aliphatic hydroxyl groups is 1. The molecule has 0 fully saturated rings. The zero-order valence-electron chi connectivity index (χ0n) is 9.26. The van der Waals surface area contributed by atoms with Gasteiger partial charge < -0.3 is 15.2 Å². The molecule has 2 N–H and O–H groups in total. The molecule has 5 heteroatoms. The fourth-order valence-electron chi connectivity index (χ4n) is 1.17. The van der Waals surface area contributed by atoms with E-state index in [1.807, 2.05) is 19.1 Å². The van der Waals surface area contributed by atoms with Gasteiger partial charge in [-0.25, -0.2) is 0 Å². The third kappa shape index (κ3) is 3.64. The van der Waals surface area contributed by atoms with Crippen molar-refractivity contribution in [3.05, 3.63) is 21.1 Å². The summed E-state index contributed by atoms with van der Waals surface area (Å²) in [6, 6.07) is 3.85. The number of methoxy groups -OCH3 is 1. The molecule has 1 atom stereocenters. The van der Waals surface area contributed by atoms with Crippen LogP contribution in [0.15, 0.2) is 21.1 Å². The van der Waals surface area contributed by atoms with Crippen molar-refractivity contribution in [2.45, 2.75) is 6.92 Å². The van der Waals surface area contributed by atoms with Crippen LogP contribution in [0.25, 0.3) is 0 Å². The van der Waals surface area contributed by atoms with Crippen molar-refractivity contribution in [2.24, 2.45) is 5.92 Å². The van der Waals surface area contributed by atoms with Crippen LogP contribution in [0, 0.1) is 5.92 Å². The monoisotopic (exact) mass is 351 g/mol. The van der Waals surface area contributed by atoms with Gasteiger partial charge >= 0.3 is 0 Å². The SMILES string of the molecule is COc1cc(NCC(C)CO)c(Br)cc1Br. The number of aliphatic hydroxyl groups excluding tert-OH is 1. The van der Waals surface area contributed by atoms with Crippen LogP contribution < -0.4 is 10.1 Å². The van der Waals surface area contributed by atoms with E-state index < -0.39 is 0 Å². The Bertz CT molecular complexity index is 358. The summed E-state index contributed by atoms with van der Waals surface area (Å²) < 4.78 is 7.09. The highest BCUT2D eigenvalue weighted by molar-refractivity contribution is 9.11. The molecule has 0 aliphatic heterocycles. The molecule has 16 heavy (non-hydrogen) atoms. The fourth-order valence-corrected chi connectivity index (χ4v) is 2.47. The summed E-state index contributed by atoms with van der Waals surface area (Å²) in [5.41, 5.74) is 0.959. The van der Waals surface area contributed by atoms with Gasteiger partial charge in [-0.05, 0) is 43.8 Å². The van der Waals surface area contributed by atoms with E-state index >= 15 is 0 Å². The molecule has 3 nitrogen and oxygen atoms in total. The van der Waals surface area contributed by atoms with E-state index in [0.29, 0.717) is 0 Å². The van der Waals surface area contributed by atoms with Crippen LogP contribution in [0.3, 0.4) is 0 Å². The summed E-state index contributed by atoms with van der Waals surface area (Å²) in [4.78, 5) is 0. The Kier molecular flexibility index (Phi) is 5.58. The Morgan fingerprint density at radius 3 is 2.62 bits per heavy atom. The second-order valence-electron chi connectivity index (χ2n) is 3.64. The lowest BCUT2D eigenvalue weighted by Crippen LogP contribution is -2.14. The molecular formula is C11H15Br2NO2. The lowest BCUT2D eigenvalue weighted by atomic mass is 10.2. The maximum Gasteiger partial charge on any atom is 0.135 e. The van der Waals surface area contributed by atoms with Crippen molar-refractivity contribution >= 4 is 37.5 Å². The van der Waals surface area contributed by atoms with Gasteiger partial charge in [-0.15, -0.1) is 0 Å². The molecule has 1 rings (SSSR count). The number of rotatable bonds is 5. The summed E-state index contributed by atoms with van der Waals surface area (Å²) in [5.74, 6) is 1.00. The molecule has 1 aromatic rings. The summed E-state index contributed by atoms with van der Waals surface area (Å²) in [6.45, 7) is 2.88. The second-order valence-corrected chi connectivity index (χ2v) is 5.34. The zero-order chi connectivity index (χ0) is 12.1. The smallest absolute Gasteiger partial charge is 0.135 e. The first-order valence-corrected chi connectivity index (χ1v) is 6.54. The number of hydrogen-bond acceptors (Lipinski definition) is 3. The van der Waals surface area contributed by atoms with Crippen molar-refractivity contribution in [1.29, 1.82) is 0 Å². The molecule has 0 radical (unpaired) electrons. The number of anilines is 1. The van der Waals surface area contributed by atoms with Crippen molar-refractivity contribution in [2.75, 3.05) is 25.6 Å². The molecule has 0 spiro atoms. The third-order valence-corrected chi connectivity index (χ3v) is 3.47. The van der Waals surface area contributed by atoms with Gasteiger partial charge in [0.1, 0.15) is 5.75 Å². The lowest BCUT2D eigenvalue weighted by Gasteiger charge is -2.14. The molecule has 0 aromatic heterocycles. The van der Waals surface area contributed by atoms with Crippen LogP contribution in [-0.4, -0.2) is 25.4 Å². The van der Waals surface area contributed by atoms with Gasteiger partial charge in [0, 0.05) is 23.7 Å². The van der Waals surface area contributed by atoms with Crippen LogP contribution in [0.1, 0.15) is 6.92 Å². The average Bonchev–Trinajstić information content (AvgIpc) is 2.27. The molecule has 0 heterocycles. The quantitative estimate of drug-likeness (QED) is 0.854. The molecule has 90 valence electrons. The standard InChI is InChI=1S/C11H15Br2NO2/c1-7(6-15)5-14-10-4-11(16-2)9(13)3-8(10)12/h3-4,7,14-15H,5-6H2,1-2H3. The van der Waals surface area contributed by atoms with Crippen molar-refractivity contribution in [3.8, 4) is 5.75 Å². The number of hydrogen-bond donors (Lipinski definition) is 2. The Morgan fingerprint density at radius 2 is 2.06 bits per heavy atom. The minimum absolute atomic E-state index is 0.179. The first-order valence-electron chi connectivity index (χ1n) is 4.96. The maximum atomic E-state index is 8.94. The maximum absolute atomic E-state index is 8.94. The molecule has 0 bridgehead atoms. The summed E-state index contributed by atoms with van der Waals surface area (Å²) in [7, 11) is 1.63. The van der Waals surface area contributed by atoms with Crippen LogP contribution in [-0.2, 0) is 0 Å². The Balaban J connectivity index is 2.79. The van der Waals surface area contributed by atoms with Gasteiger partial charge in [-0.1, -0.05) is 6.92 Å². The van der Waals surface area contributed by atoms with Crippen LogP contribution in [0.4, 0.5) is 5.69 Å². The first-order chi connectivity index (χ1) is 7.58. The average molecular weight is 353 g/mol. The van der Waals surface area contributed by atoms with Gasteiger partial charge in [0.05, 0.1) is 17.3 Å². The third-order valence-electron chi connectivity index (χ3n) is 2.19. The first kappa shape index (κ1) is 13.8. The lowest BCUT2D eigenvalue weighted by molar-refractivity contribution is 0.244. The molecule has 0 aliphatic carbocycles. The predicted octanol–water partition coefficient (Wildman–Crippen LogP) is 3.26. The summed E-state index contributed by atoms with van der Waals surface area (Å²) in [6.07, 6.45) is 0. The number of nitrogens with one attached hydrogen (secondary N) is 1. The molecule has 0 aliphatic rings. The highest BCUT2D eigenvalue weighted by atomic mass is 79.9. The number of benzene rings is 1. The summed E-state index contributed by atoms with van der Waals surface area (Å²) >= 11 is 6.88. The van der Waals surface area contributed by atoms with Crippen LogP contribution in [0.2, 0.25) is 0 Å². The van der Waals surface area contributed by atoms with E-state index in [-0.39, 0.29) is 12.5 Å². The van der Waals surface area contributed by atoms with E-state index in [1.165, 1.54) is 0 Å². The van der Waals surface area contributed by atoms with Gasteiger partial charge in [-0.2, -0.15) is 0 Å². The van der Waals surface area contributed by atoms with E-state index in [2.05, 4.69) is 37.2 Å². The van der Waals surface area contributed by atoms with Crippen LogP contribution >= 0.6 is 31.9 Å². The van der Waals surface area contributed by atoms with Crippen molar-refractivity contribution in [3.63, 3.8) is 0 Å². The Labute approximate surface area is 112 Å². The van der Waals surface area contributed by atoms with Gasteiger partial charge in [0.2, 0.25) is 0 Å². The highest BCUT2D eigenvalue weighted by Gasteiger charge is 2.08. The molecule has 0 amide bonds. The molecule has 0 saturated carbocycles. The van der Waals surface area contributed by atoms with E-state index in [9.17, 15) is 0 Å². The number of ether oxygens (including phenoxy) is 1.